The van der Waals surface area contributed by atoms with Crippen molar-refractivity contribution in [3.05, 3.63) is 35.0 Å². The molecule has 0 atom stereocenters. The minimum absolute atomic E-state index is 0.215. The molecule has 3 heteroatoms. The van der Waals surface area contributed by atoms with Gasteiger partial charge in [0.25, 0.3) is 0 Å². The molecular formula is C15H17NO2. The fourth-order valence-electron chi connectivity index (χ4n) is 3.13. The number of para-hydroxylation sites is 1. The van der Waals surface area contributed by atoms with Crippen LogP contribution in [-0.2, 0) is 24.2 Å². The second-order valence-corrected chi connectivity index (χ2v) is 5.03. The van der Waals surface area contributed by atoms with Gasteiger partial charge in [-0.2, -0.15) is 0 Å². The van der Waals surface area contributed by atoms with Crippen LogP contribution in [0.2, 0.25) is 0 Å². The summed E-state index contributed by atoms with van der Waals surface area (Å²) in [5.74, 6) is -0.719. The quantitative estimate of drug-likeness (QED) is 0.900. The molecule has 0 spiro atoms. The number of carboxylic acid groups (broad SMARTS) is 1. The Balaban J connectivity index is 2.17. The van der Waals surface area contributed by atoms with E-state index in [1.54, 1.807) is 0 Å². The molecule has 1 N–H and O–H groups in total. The Morgan fingerprint density at radius 1 is 1.44 bits per heavy atom. The molecule has 0 radical (unpaired) electrons. The zero-order chi connectivity index (χ0) is 12.7. The van der Waals surface area contributed by atoms with Gasteiger partial charge in [-0.3, -0.25) is 4.79 Å². The van der Waals surface area contributed by atoms with Crippen molar-refractivity contribution < 1.29 is 9.90 Å². The van der Waals surface area contributed by atoms with Gasteiger partial charge in [0.05, 0.1) is 11.9 Å². The zero-order valence-corrected chi connectivity index (χ0v) is 10.6. The highest BCUT2D eigenvalue weighted by Gasteiger charge is 2.19. The molecule has 0 saturated heterocycles. The number of carboxylic acids is 1. The van der Waals surface area contributed by atoms with Crippen LogP contribution in [0.15, 0.2) is 18.2 Å². The summed E-state index contributed by atoms with van der Waals surface area (Å²) in [6.45, 7) is 3.14. The van der Waals surface area contributed by atoms with Gasteiger partial charge in [0, 0.05) is 17.6 Å². The maximum atomic E-state index is 10.8. The molecule has 18 heavy (non-hydrogen) atoms. The van der Waals surface area contributed by atoms with Crippen molar-refractivity contribution >= 4 is 16.9 Å². The first-order valence-corrected chi connectivity index (χ1v) is 6.50. The Bertz CT molecular complexity index is 625. The summed E-state index contributed by atoms with van der Waals surface area (Å²) in [4.78, 5) is 10.8. The Labute approximate surface area is 106 Å². The van der Waals surface area contributed by atoms with Crippen molar-refractivity contribution in [1.29, 1.82) is 0 Å². The summed E-state index contributed by atoms with van der Waals surface area (Å²) in [7, 11) is 0. The monoisotopic (exact) mass is 243 g/mol. The molecule has 0 bridgehead atoms. The molecule has 94 valence electrons. The van der Waals surface area contributed by atoms with Crippen LogP contribution in [0.5, 0.6) is 0 Å². The van der Waals surface area contributed by atoms with Crippen molar-refractivity contribution in [3.8, 4) is 0 Å². The summed E-state index contributed by atoms with van der Waals surface area (Å²) in [6, 6.07) is 6.46. The van der Waals surface area contributed by atoms with Gasteiger partial charge < -0.3 is 9.67 Å². The van der Waals surface area contributed by atoms with Crippen LogP contribution in [0.3, 0.4) is 0 Å². The molecule has 3 rings (SSSR count). The molecule has 0 amide bonds. The molecule has 2 heterocycles. The molecule has 3 nitrogen and oxygen atoms in total. The average Bonchev–Trinajstić information content (AvgIpc) is 2.63. The molecule has 0 unspecified atom stereocenters. The van der Waals surface area contributed by atoms with Crippen molar-refractivity contribution in [2.75, 3.05) is 0 Å². The molecular weight excluding hydrogens is 226 g/mol. The lowest BCUT2D eigenvalue weighted by atomic mass is 10.0. The van der Waals surface area contributed by atoms with Crippen LogP contribution in [0.1, 0.15) is 29.7 Å². The fraction of sp³-hybridized carbons (Fsp3) is 0.400. The van der Waals surface area contributed by atoms with E-state index in [1.165, 1.54) is 27.7 Å². The van der Waals surface area contributed by atoms with Crippen LogP contribution in [0.25, 0.3) is 10.9 Å². The average molecular weight is 243 g/mol. The summed E-state index contributed by atoms with van der Waals surface area (Å²) < 4.78 is 2.34. The molecule has 1 aliphatic heterocycles. The van der Waals surface area contributed by atoms with Crippen molar-refractivity contribution in [3.63, 3.8) is 0 Å². The number of carbonyl (C=O) groups is 1. The summed E-state index contributed by atoms with van der Waals surface area (Å²) >= 11 is 0. The number of benzene rings is 1. The second kappa shape index (κ2) is 4.16. The Morgan fingerprint density at radius 2 is 2.28 bits per heavy atom. The lowest BCUT2D eigenvalue weighted by Crippen LogP contribution is -2.11. The SMILES string of the molecule is Cc1c(CCC(=O)O)n2c3c(cccc13)CCC2. The lowest BCUT2D eigenvalue weighted by molar-refractivity contribution is -0.136. The number of nitrogens with zero attached hydrogens (tertiary/aromatic N) is 1. The van der Waals surface area contributed by atoms with Crippen LogP contribution >= 0.6 is 0 Å². The van der Waals surface area contributed by atoms with Crippen LogP contribution in [0, 0.1) is 6.92 Å². The molecule has 0 fully saturated rings. The third-order valence-corrected chi connectivity index (χ3v) is 3.96. The number of aryl methyl sites for hydroxylation is 3. The maximum Gasteiger partial charge on any atom is 0.303 e. The highest BCUT2D eigenvalue weighted by atomic mass is 16.4. The third-order valence-electron chi connectivity index (χ3n) is 3.96. The standard InChI is InChI=1S/C15H17NO2/c1-10-12-6-2-4-11-5-3-9-16(15(11)12)13(10)7-8-14(17)18/h2,4,6H,3,5,7-9H2,1H3,(H,17,18). The lowest BCUT2D eigenvalue weighted by Gasteiger charge is -2.17. The van der Waals surface area contributed by atoms with Gasteiger partial charge in [0.1, 0.15) is 0 Å². The summed E-state index contributed by atoms with van der Waals surface area (Å²) in [6.07, 6.45) is 3.14. The highest BCUT2D eigenvalue weighted by molar-refractivity contribution is 5.88. The zero-order valence-electron chi connectivity index (χ0n) is 10.6. The first kappa shape index (κ1) is 11.3. The van der Waals surface area contributed by atoms with Gasteiger partial charge in [-0.15, -0.1) is 0 Å². The van der Waals surface area contributed by atoms with E-state index >= 15 is 0 Å². The van der Waals surface area contributed by atoms with E-state index in [4.69, 9.17) is 5.11 Å². The van der Waals surface area contributed by atoms with Gasteiger partial charge >= 0.3 is 5.97 Å². The van der Waals surface area contributed by atoms with E-state index in [0.717, 1.165) is 19.4 Å². The summed E-state index contributed by atoms with van der Waals surface area (Å²) in [5, 5.41) is 10.2. The minimum Gasteiger partial charge on any atom is -0.481 e. The Hall–Kier alpha value is -1.77. The number of rotatable bonds is 3. The number of aliphatic carboxylic acids is 1. The number of hydrogen-bond donors (Lipinski definition) is 1. The highest BCUT2D eigenvalue weighted by Crippen LogP contribution is 2.32. The summed E-state index contributed by atoms with van der Waals surface area (Å²) in [5.41, 5.74) is 5.21. The maximum absolute atomic E-state index is 10.8. The molecule has 1 aromatic carbocycles. The largest absolute Gasteiger partial charge is 0.481 e. The van der Waals surface area contributed by atoms with Crippen molar-refractivity contribution in [2.45, 2.75) is 39.2 Å². The van der Waals surface area contributed by atoms with Crippen LogP contribution in [0.4, 0.5) is 0 Å². The normalized spacial score (nSPS) is 14.1. The van der Waals surface area contributed by atoms with Crippen molar-refractivity contribution in [2.24, 2.45) is 0 Å². The molecule has 2 aromatic rings. The topological polar surface area (TPSA) is 42.2 Å². The van der Waals surface area contributed by atoms with Gasteiger partial charge in [-0.05, 0) is 37.3 Å². The minimum atomic E-state index is -0.719. The Morgan fingerprint density at radius 3 is 3.06 bits per heavy atom. The van der Waals surface area contributed by atoms with E-state index in [2.05, 4.69) is 29.7 Å². The smallest absolute Gasteiger partial charge is 0.303 e. The first-order valence-electron chi connectivity index (χ1n) is 6.50. The molecule has 0 saturated carbocycles. The third kappa shape index (κ3) is 1.62. The van der Waals surface area contributed by atoms with E-state index in [1.807, 2.05) is 0 Å². The predicted molar refractivity (Wildman–Crippen MR) is 71.0 cm³/mol. The molecule has 1 aromatic heterocycles. The molecule has 1 aliphatic rings. The first-order chi connectivity index (χ1) is 8.68. The molecule has 0 aliphatic carbocycles. The van der Waals surface area contributed by atoms with E-state index in [0.29, 0.717) is 6.42 Å². The second-order valence-electron chi connectivity index (χ2n) is 5.03. The van der Waals surface area contributed by atoms with Crippen molar-refractivity contribution in [1.82, 2.24) is 4.57 Å². The van der Waals surface area contributed by atoms with Crippen LogP contribution < -0.4 is 0 Å². The number of hydrogen-bond acceptors (Lipinski definition) is 1. The number of aromatic nitrogens is 1. The van der Waals surface area contributed by atoms with Gasteiger partial charge in [-0.1, -0.05) is 18.2 Å². The Kier molecular flexibility index (Phi) is 2.62. The predicted octanol–water partition coefficient (Wildman–Crippen LogP) is 2.91. The van der Waals surface area contributed by atoms with E-state index < -0.39 is 5.97 Å². The fourth-order valence-corrected chi connectivity index (χ4v) is 3.13. The van der Waals surface area contributed by atoms with Gasteiger partial charge in [0.15, 0.2) is 0 Å². The van der Waals surface area contributed by atoms with E-state index in [9.17, 15) is 4.79 Å². The van der Waals surface area contributed by atoms with Gasteiger partial charge in [0.2, 0.25) is 0 Å². The van der Waals surface area contributed by atoms with E-state index in [-0.39, 0.29) is 6.42 Å². The van der Waals surface area contributed by atoms with Gasteiger partial charge in [-0.25, -0.2) is 0 Å². The van der Waals surface area contributed by atoms with Crippen LogP contribution in [-0.4, -0.2) is 15.6 Å².